The second-order valence-corrected chi connectivity index (χ2v) is 5.49. The summed E-state index contributed by atoms with van der Waals surface area (Å²) in [6, 6.07) is 0. The second kappa shape index (κ2) is 5.51. The van der Waals surface area contributed by atoms with Crippen molar-refractivity contribution in [1.29, 1.82) is 0 Å². The Morgan fingerprint density at radius 2 is 2.06 bits per heavy atom. The van der Waals surface area contributed by atoms with Gasteiger partial charge in [0.05, 0.1) is 5.41 Å². The first kappa shape index (κ1) is 13.3. The van der Waals surface area contributed by atoms with E-state index in [-0.39, 0.29) is 11.3 Å². The molecule has 1 saturated carbocycles. The Labute approximate surface area is 99.5 Å². The van der Waals surface area contributed by atoms with E-state index in [2.05, 4.69) is 32.7 Å². The number of rotatable bonds is 4. The van der Waals surface area contributed by atoms with Crippen LogP contribution in [0.2, 0.25) is 0 Å². The standard InChI is InChI=1S/C14H25NO/c1-5-10-15-13(16)14(11(2)3)8-6-12(4)7-9-14/h5,11-12H,1,6-10H2,2-4H3,(H,15,16). The highest BCUT2D eigenvalue weighted by Crippen LogP contribution is 2.44. The first-order chi connectivity index (χ1) is 7.53. The number of carbonyl (C=O) groups excluding carboxylic acids is 1. The van der Waals surface area contributed by atoms with Crippen LogP contribution in [0.4, 0.5) is 0 Å². The summed E-state index contributed by atoms with van der Waals surface area (Å²) in [5, 5.41) is 2.98. The normalized spacial score (nSPS) is 30.1. The summed E-state index contributed by atoms with van der Waals surface area (Å²) in [6.07, 6.45) is 6.18. The highest BCUT2D eigenvalue weighted by Gasteiger charge is 2.43. The maximum Gasteiger partial charge on any atom is 0.226 e. The summed E-state index contributed by atoms with van der Waals surface area (Å²) in [7, 11) is 0. The molecule has 0 spiro atoms. The minimum absolute atomic E-state index is 0.129. The quantitative estimate of drug-likeness (QED) is 0.729. The Bertz CT molecular complexity index is 249. The van der Waals surface area contributed by atoms with Crippen LogP contribution >= 0.6 is 0 Å². The lowest BCUT2D eigenvalue weighted by Gasteiger charge is -2.41. The SMILES string of the molecule is C=CCNC(=O)C1(C(C)C)CCC(C)CC1. The number of hydrogen-bond acceptors (Lipinski definition) is 1. The van der Waals surface area contributed by atoms with Gasteiger partial charge < -0.3 is 5.32 Å². The molecule has 2 heteroatoms. The lowest BCUT2D eigenvalue weighted by molar-refractivity contribution is -0.136. The summed E-state index contributed by atoms with van der Waals surface area (Å²) in [5.41, 5.74) is -0.129. The van der Waals surface area contributed by atoms with Gasteiger partial charge >= 0.3 is 0 Å². The van der Waals surface area contributed by atoms with E-state index >= 15 is 0 Å². The Kier molecular flexibility index (Phi) is 4.57. The molecular formula is C14H25NO. The predicted molar refractivity (Wildman–Crippen MR) is 68.1 cm³/mol. The molecule has 16 heavy (non-hydrogen) atoms. The molecule has 1 aliphatic carbocycles. The Hall–Kier alpha value is -0.790. The fourth-order valence-corrected chi connectivity index (χ4v) is 2.68. The predicted octanol–water partition coefficient (Wildman–Crippen LogP) is 3.14. The molecule has 0 heterocycles. The molecular weight excluding hydrogens is 198 g/mol. The highest BCUT2D eigenvalue weighted by atomic mass is 16.2. The van der Waals surface area contributed by atoms with Crippen molar-refractivity contribution in [3.63, 3.8) is 0 Å². The molecule has 0 aromatic heterocycles. The molecule has 0 unspecified atom stereocenters. The molecule has 1 rings (SSSR count). The summed E-state index contributed by atoms with van der Waals surface area (Å²) < 4.78 is 0. The van der Waals surface area contributed by atoms with Crippen LogP contribution in [-0.2, 0) is 4.79 Å². The van der Waals surface area contributed by atoms with E-state index in [0.29, 0.717) is 12.5 Å². The molecule has 0 aromatic carbocycles. The van der Waals surface area contributed by atoms with Gasteiger partial charge in [0.15, 0.2) is 0 Å². The third-order valence-corrected chi connectivity index (χ3v) is 4.13. The molecule has 1 fully saturated rings. The Balaban J connectivity index is 2.72. The Morgan fingerprint density at radius 1 is 1.50 bits per heavy atom. The number of amides is 1. The lowest BCUT2D eigenvalue weighted by Crippen LogP contribution is -2.46. The fraction of sp³-hybridized carbons (Fsp3) is 0.786. The van der Waals surface area contributed by atoms with Gasteiger partial charge in [-0.15, -0.1) is 6.58 Å². The Morgan fingerprint density at radius 3 is 2.50 bits per heavy atom. The van der Waals surface area contributed by atoms with Crippen molar-refractivity contribution in [3.8, 4) is 0 Å². The molecule has 0 saturated heterocycles. The fourth-order valence-electron chi connectivity index (χ4n) is 2.68. The van der Waals surface area contributed by atoms with Crippen molar-refractivity contribution in [3.05, 3.63) is 12.7 Å². The summed E-state index contributed by atoms with van der Waals surface area (Å²) in [5.74, 6) is 1.43. The molecule has 2 nitrogen and oxygen atoms in total. The van der Waals surface area contributed by atoms with Gasteiger partial charge in [0.25, 0.3) is 0 Å². The van der Waals surface area contributed by atoms with Crippen LogP contribution in [0.3, 0.4) is 0 Å². The van der Waals surface area contributed by atoms with Crippen molar-refractivity contribution in [2.45, 2.75) is 46.5 Å². The zero-order valence-electron chi connectivity index (χ0n) is 10.9. The largest absolute Gasteiger partial charge is 0.352 e. The van der Waals surface area contributed by atoms with Crippen LogP contribution in [0, 0.1) is 17.3 Å². The van der Waals surface area contributed by atoms with Gasteiger partial charge in [0.2, 0.25) is 5.91 Å². The van der Waals surface area contributed by atoms with Gasteiger partial charge in [-0.3, -0.25) is 4.79 Å². The van der Waals surface area contributed by atoms with E-state index in [1.165, 1.54) is 12.8 Å². The molecule has 0 radical (unpaired) electrons. The van der Waals surface area contributed by atoms with Crippen molar-refractivity contribution in [2.75, 3.05) is 6.54 Å². The molecule has 1 N–H and O–H groups in total. The van der Waals surface area contributed by atoms with Crippen LogP contribution in [0.25, 0.3) is 0 Å². The maximum absolute atomic E-state index is 12.3. The smallest absolute Gasteiger partial charge is 0.226 e. The third kappa shape index (κ3) is 2.66. The van der Waals surface area contributed by atoms with Crippen molar-refractivity contribution < 1.29 is 4.79 Å². The second-order valence-electron chi connectivity index (χ2n) is 5.49. The van der Waals surface area contributed by atoms with Crippen molar-refractivity contribution >= 4 is 5.91 Å². The van der Waals surface area contributed by atoms with E-state index in [9.17, 15) is 4.79 Å². The zero-order chi connectivity index (χ0) is 12.2. The number of hydrogen-bond donors (Lipinski definition) is 1. The molecule has 1 aliphatic rings. The minimum Gasteiger partial charge on any atom is -0.352 e. The van der Waals surface area contributed by atoms with E-state index in [4.69, 9.17) is 0 Å². The average Bonchev–Trinajstić information content (AvgIpc) is 2.26. The van der Waals surface area contributed by atoms with Gasteiger partial charge in [-0.25, -0.2) is 0 Å². The summed E-state index contributed by atoms with van der Waals surface area (Å²) >= 11 is 0. The molecule has 0 bridgehead atoms. The zero-order valence-corrected chi connectivity index (χ0v) is 10.9. The number of nitrogens with one attached hydrogen (secondary N) is 1. The molecule has 92 valence electrons. The molecule has 0 aromatic rings. The van der Waals surface area contributed by atoms with Gasteiger partial charge in [-0.1, -0.05) is 26.8 Å². The van der Waals surface area contributed by atoms with Crippen LogP contribution < -0.4 is 5.32 Å². The molecule has 0 aliphatic heterocycles. The monoisotopic (exact) mass is 223 g/mol. The van der Waals surface area contributed by atoms with Gasteiger partial charge in [-0.05, 0) is 37.5 Å². The van der Waals surface area contributed by atoms with Gasteiger partial charge in [-0.2, -0.15) is 0 Å². The first-order valence-electron chi connectivity index (χ1n) is 6.42. The lowest BCUT2D eigenvalue weighted by atomic mass is 9.64. The van der Waals surface area contributed by atoms with Crippen LogP contribution in [0.1, 0.15) is 46.5 Å². The minimum atomic E-state index is -0.129. The first-order valence-corrected chi connectivity index (χ1v) is 6.42. The molecule has 0 atom stereocenters. The van der Waals surface area contributed by atoms with E-state index < -0.39 is 0 Å². The van der Waals surface area contributed by atoms with E-state index in [0.717, 1.165) is 18.8 Å². The van der Waals surface area contributed by atoms with Crippen LogP contribution in [-0.4, -0.2) is 12.5 Å². The summed E-state index contributed by atoms with van der Waals surface area (Å²) in [4.78, 5) is 12.3. The summed E-state index contributed by atoms with van der Waals surface area (Å²) in [6.45, 7) is 10.9. The van der Waals surface area contributed by atoms with Crippen LogP contribution in [0.5, 0.6) is 0 Å². The van der Waals surface area contributed by atoms with Crippen molar-refractivity contribution in [1.82, 2.24) is 5.32 Å². The van der Waals surface area contributed by atoms with E-state index in [1.807, 2.05) is 0 Å². The third-order valence-electron chi connectivity index (χ3n) is 4.13. The number of carbonyl (C=O) groups is 1. The topological polar surface area (TPSA) is 29.1 Å². The highest BCUT2D eigenvalue weighted by molar-refractivity contribution is 5.83. The van der Waals surface area contributed by atoms with Gasteiger partial charge in [0.1, 0.15) is 0 Å². The van der Waals surface area contributed by atoms with Gasteiger partial charge in [0, 0.05) is 6.54 Å². The van der Waals surface area contributed by atoms with E-state index in [1.54, 1.807) is 6.08 Å². The van der Waals surface area contributed by atoms with Crippen molar-refractivity contribution in [2.24, 2.45) is 17.3 Å². The average molecular weight is 223 g/mol. The molecule has 1 amide bonds. The maximum atomic E-state index is 12.3. The van der Waals surface area contributed by atoms with Crippen LogP contribution in [0.15, 0.2) is 12.7 Å².